The van der Waals surface area contributed by atoms with Crippen LogP contribution in [0, 0.1) is 6.92 Å². The summed E-state index contributed by atoms with van der Waals surface area (Å²) in [5.74, 6) is 1.60. The van der Waals surface area contributed by atoms with Crippen LogP contribution in [0.15, 0.2) is 54.7 Å². The molecule has 7 heteroatoms. The molecule has 1 atom stereocenters. The Hall–Kier alpha value is -3.84. The molecule has 0 spiro atoms. The Morgan fingerprint density at radius 2 is 1.81 bits per heavy atom. The average molecular weight is 489 g/mol. The molecule has 4 aromatic rings. The highest BCUT2D eigenvalue weighted by Gasteiger charge is 2.28. The van der Waals surface area contributed by atoms with Gasteiger partial charge in [-0.3, -0.25) is 4.79 Å². The molecule has 2 aromatic heterocycles. The van der Waals surface area contributed by atoms with Crippen LogP contribution in [-0.2, 0) is 5.60 Å². The number of rotatable bonds is 10. The fourth-order valence-electron chi connectivity index (χ4n) is 4.35. The molecule has 2 N–H and O–H groups in total. The quantitative estimate of drug-likeness (QED) is 0.273. The molecule has 0 aliphatic carbocycles. The van der Waals surface area contributed by atoms with Crippen molar-refractivity contribution in [3.05, 3.63) is 71.5 Å². The number of para-hydroxylation sites is 1. The first-order valence-electron chi connectivity index (χ1n) is 12.0. The second-order valence-electron chi connectivity index (χ2n) is 8.94. The summed E-state index contributed by atoms with van der Waals surface area (Å²) < 4.78 is 16.5. The molecule has 0 unspecified atom stereocenters. The van der Waals surface area contributed by atoms with Gasteiger partial charge in [0.25, 0.3) is 0 Å². The maximum atomic E-state index is 12.9. The highest BCUT2D eigenvalue weighted by Crippen LogP contribution is 2.37. The molecule has 0 aliphatic heterocycles. The number of benzene rings is 2. The van der Waals surface area contributed by atoms with Gasteiger partial charge in [0.1, 0.15) is 17.0 Å². The lowest BCUT2D eigenvalue weighted by molar-refractivity contribution is 0.0397. The molecular weight excluding hydrogens is 456 g/mol. The number of aryl methyl sites for hydroxylation is 1. The summed E-state index contributed by atoms with van der Waals surface area (Å²) in [4.78, 5) is 21.1. The number of fused-ring (bicyclic) bond motifs is 1. The molecule has 0 radical (unpaired) electrons. The molecule has 36 heavy (non-hydrogen) atoms. The molecule has 0 aliphatic rings. The van der Waals surface area contributed by atoms with E-state index in [9.17, 15) is 9.90 Å². The van der Waals surface area contributed by atoms with Crippen LogP contribution in [0.25, 0.3) is 22.2 Å². The third-order valence-electron chi connectivity index (χ3n) is 6.43. The summed E-state index contributed by atoms with van der Waals surface area (Å²) in [6, 6.07) is 14.7. The Balaban J connectivity index is 1.59. The van der Waals surface area contributed by atoms with E-state index in [1.807, 2.05) is 38.2 Å². The van der Waals surface area contributed by atoms with Crippen molar-refractivity contribution < 1.29 is 24.1 Å². The topological polar surface area (TPSA) is 93.7 Å². The molecule has 188 valence electrons. The lowest BCUT2D eigenvalue weighted by atomic mass is 9.92. The SMILES string of the molecule is CCOc1ccc(C(=O)CC[C@@](C)(O)c2ccc(OC)c(-c3c[nH]c4c(C)cccc34)n2)cc1OC. The predicted octanol–water partition coefficient (Wildman–Crippen LogP) is 5.82. The van der Waals surface area contributed by atoms with Gasteiger partial charge in [-0.1, -0.05) is 18.2 Å². The first-order chi connectivity index (χ1) is 17.3. The van der Waals surface area contributed by atoms with Gasteiger partial charge in [0.15, 0.2) is 17.3 Å². The van der Waals surface area contributed by atoms with E-state index in [4.69, 9.17) is 19.2 Å². The van der Waals surface area contributed by atoms with Crippen molar-refractivity contribution in [1.29, 1.82) is 0 Å². The summed E-state index contributed by atoms with van der Waals surface area (Å²) in [7, 11) is 3.14. The van der Waals surface area contributed by atoms with E-state index in [-0.39, 0.29) is 18.6 Å². The number of aromatic amines is 1. The number of nitrogens with zero attached hydrogens (tertiary/aromatic N) is 1. The average Bonchev–Trinajstić information content (AvgIpc) is 3.32. The Bertz CT molecular complexity index is 1390. The highest BCUT2D eigenvalue weighted by molar-refractivity contribution is 5.98. The standard InChI is InChI=1S/C29H32N2O5/c1-6-36-23-11-10-19(16-25(23)35-5)22(32)14-15-29(3,33)26-13-12-24(34-4)28(31-26)21-17-30-27-18(2)8-7-9-20(21)27/h7-13,16-17,30,33H,6,14-15H2,1-5H3/t29-/m1/s1. The number of Topliss-reactive ketones (excluding diaryl/α,β-unsaturated/α-hetero) is 1. The molecule has 0 saturated carbocycles. The molecule has 7 nitrogen and oxygen atoms in total. The largest absolute Gasteiger partial charge is 0.494 e. The normalized spacial score (nSPS) is 12.8. The van der Waals surface area contributed by atoms with Crippen molar-refractivity contribution in [2.45, 2.75) is 39.2 Å². The molecule has 0 fully saturated rings. The van der Waals surface area contributed by atoms with E-state index in [0.717, 1.165) is 22.0 Å². The number of aromatic nitrogens is 2. The fourth-order valence-corrected chi connectivity index (χ4v) is 4.35. The van der Waals surface area contributed by atoms with Crippen LogP contribution in [0.4, 0.5) is 0 Å². The van der Waals surface area contributed by atoms with Crippen molar-refractivity contribution in [1.82, 2.24) is 9.97 Å². The van der Waals surface area contributed by atoms with Gasteiger partial charge < -0.3 is 24.3 Å². The van der Waals surface area contributed by atoms with Crippen molar-refractivity contribution in [3.63, 3.8) is 0 Å². The number of methoxy groups -OCH3 is 2. The summed E-state index contributed by atoms with van der Waals surface area (Å²) in [5, 5.41) is 12.4. The lowest BCUT2D eigenvalue weighted by Crippen LogP contribution is -2.24. The van der Waals surface area contributed by atoms with Gasteiger partial charge in [-0.15, -0.1) is 0 Å². The zero-order valence-corrected chi connectivity index (χ0v) is 21.3. The molecule has 0 bridgehead atoms. The first kappa shape index (κ1) is 25.3. The number of aliphatic hydroxyl groups is 1. The maximum absolute atomic E-state index is 12.9. The van der Waals surface area contributed by atoms with Gasteiger partial charge in [0.05, 0.1) is 26.5 Å². The number of hydrogen-bond acceptors (Lipinski definition) is 6. The predicted molar refractivity (Wildman–Crippen MR) is 140 cm³/mol. The van der Waals surface area contributed by atoms with E-state index >= 15 is 0 Å². The van der Waals surface area contributed by atoms with Gasteiger partial charge in [-0.25, -0.2) is 4.98 Å². The van der Waals surface area contributed by atoms with E-state index in [1.165, 1.54) is 0 Å². The molecule has 0 saturated heterocycles. The second-order valence-corrected chi connectivity index (χ2v) is 8.94. The minimum absolute atomic E-state index is 0.0996. The van der Waals surface area contributed by atoms with Gasteiger partial charge >= 0.3 is 0 Å². The van der Waals surface area contributed by atoms with Crippen molar-refractivity contribution in [2.24, 2.45) is 0 Å². The minimum Gasteiger partial charge on any atom is -0.494 e. The Morgan fingerprint density at radius 3 is 2.53 bits per heavy atom. The fraction of sp³-hybridized carbons (Fsp3) is 0.310. The van der Waals surface area contributed by atoms with Gasteiger partial charge in [-0.2, -0.15) is 0 Å². The van der Waals surface area contributed by atoms with Crippen LogP contribution in [-0.4, -0.2) is 41.7 Å². The van der Waals surface area contributed by atoms with Gasteiger partial charge in [0.2, 0.25) is 0 Å². The molecule has 2 heterocycles. The zero-order chi connectivity index (χ0) is 25.9. The van der Waals surface area contributed by atoms with E-state index in [2.05, 4.69) is 4.98 Å². The highest BCUT2D eigenvalue weighted by atomic mass is 16.5. The van der Waals surface area contributed by atoms with Crippen LogP contribution in [0.5, 0.6) is 17.2 Å². The van der Waals surface area contributed by atoms with Crippen molar-refractivity contribution >= 4 is 16.7 Å². The lowest BCUT2D eigenvalue weighted by Gasteiger charge is -2.23. The number of ketones is 1. The Morgan fingerprint density at radius 1 is 1.06 bits per heavy atom. The Kier molecular flexibility index (Phi) is 7.31. The van der Waals surface area contributed by atoms with Crippen LogP contribution >= 0.6 is 0 Å². The molecule has 4 rings (SSSR count). The summed E-state index contributed by atoms with van der Waals surface area (Å²) >= 11 is 0. The van der Waals surface area contributed by atoms with E-state index in [1.54, 1.807) is 51.5 Å². The molecule has 2 aromatic carbocycles. The molecular formula is C29H32N2O5. The van der Waals surface area contributed by atoms with E-state index < -0.39 is 5.60 Å². The van der Waals surface area contributed by atoms with Crippen molar-refractivity contribution in [3.8, 4) is 28.5 Å². The minimum atomic E-state index is -1.33. The zero-order valence-electron chi connectivity index (χ0n) is 21.3. The van der Waals surface area contributed by atoms with Crippen LogP contribution in [0.2, 0.25) is 0 Å². The number of carbonyl (C=O) groups is 1. The van der Waals surface area contributed by atoms with Crippen LogP contribution in [0.3, 0.4) is 0 Å². The molecule has 0 amide bonds. The maximum Gasteiger partial charge on any atom is 0.163 e. The van der Waals surface area contributed by atoms with Gasteiger partial charge in [0, 0.05) is 34.6 Å². The third kappa shape index (κ3) is 4.93. The number of H-pyrrole nitrogens is 1. The summed E-state index contributed by atoms with van der Waals surface area (Å²) in [6.07, 6.45) is 2.25. The smallest absolute Gasteiger partial charge is 0.163 e. The van der Waals surface area contributed by atoms with Gasteiger partial charge in [-0.05, 0) is 63.1 Å². The van der Waals surface area contributed by atoms with Crippen LogP contribution in [0.1, 0.15) is 48.3 Å². The Labute approximate surface area is 211 Å². The summed E-state index contributed by atoms with van der Waals surface area (Å²) in [5.41, 5.74) is 3.33. The number of pyridine rings is 1. The third-order valence-corrected chi connectivity index (χ3v) is 6.43. The second kappa shape index (κ2) is 10.4. The number of ether oxygens (including phenoxy) is 3. The number of nitrogens with one attached hydrogen (secondary N) is 1. The summed E-state index contributed by atoms with van der Waals surface area (Å²) in [6.45, 7) is 6.11. The first-order valence-corrected chi connectivity index (χ1v) is 12.0. The number of hydrogen-bond donors (Lipinski definition) is 2. The van der Waals surface area contributed by atoms with Crippen molar-refractivity contribution in [2.75, 3.05) is 20.8 Å². The van der Waals surface area contributed by atoms with E-state index in [0.29, 0.717) is 40.8 Å². The van der Waals surface area contributed by atoms with Crippen LogP contribution < -0.4 is 14.2 Å². The number of carbonyl (C=O) groups excluding carboxylic acids is 1. The monoisotopic (exact) mass is 488 g/mol.